The second-order valence-corrected chi connectivity index (χ2v) is 6.75. The number of carbonyl (C=O) groups is 4. The minimum atomic E-state index is -1.08. The van der Waals surface area contributed by atoms with Crippen molar-refractivity contribution in [1.29, 1.82) is 0 Å². The van der Waals surface area contributed by atoms with Crippen LogP contribution in [0, 0.1) is 5.82 Å². The highest BCUT2D eigenvalue weighted by molar-refractivity contribution is 5.91. The van der Waals surface area contributed by atoms with Crippen LogP contribution in [0.3, 0.4) is 0 Å². The highest BCUT2D eigenvalue weighted by Crippen LogP contribution is 2.09. The summed E-state index contributed by atoms with van der Waals surface area (Å²) in [5, 5.41) is 14.0. The first-order valence-corrected chi connectivity index (χ1v) is 9.09. The normalized spacial score (nSPS) is 12.5. The molecule has 2 aromatic rings. The molecule has 2 atom stereocenters. The summed E-state index contributed by atoms with van der Waals surface area (Å²) in [7, 11) is 0. The van der Waals surface area contributed by atoms with Gasteiger partial charge in [0.25, 0.3) is 0 Å². The summed E-state index contributed by atoms with van der Waals surface area (Å²) in [6.45, 7) is 1.25. The molecule has 0 unspecified atom stereocenters. The van der Waals surface area contributed by atoms with E-state index >= 15 is 0 Å². The summed E-state index contributed by atoms with van der Waals surface area (Å²) in [5.74, 6) is -3.37. The van der Waals surface area contributed by atoms with E-state index in [-0.39, 0.29) is 18.4 Å². The molecular formula is C21H22FN3O5. The Labute approximate surface area is 172 Å². The molecular weight excluding hydrogens is 393 g/mol. The summed E-state index contributed by atoms with van der Waals surface area (Å²) in [5.41, 5.74) is 6.70. The van der Waals surface area contributed by atoms with Crippen LogP contribution in [0.15, 0.2) is 48.5 Å². The van der Waals surface area contributed by atoms with E-state index in [4.69, 9.17) is 10.8 Å². The van der Waals surface area contributed by atoms with Gasteiger partial charge in [-0.15, -0.1) is 0 Å². The van der Waals surface area contributed by atoms with Crippen LogP contribution in [0.1, 0.15) is 28.4 Å². The number of primary amides is 1. The maximum atomic E-state index is 13.1. The number of carboxylic acid groups (broad SMARTS) is 1. The van der Waals surface area contributed by atoms with E-state index in [0.29, 0.717) is 11.1 Å². The molecule has 0 saturated heterocycles. The van der Waals surface area contributed by atoms with Gasteiger partial charge >= 0.3 is 5.97 Å². The Bertz CT molecular complexity index is 929. The topological polar surface area (TPSA) is 139 Å². The third-order valence-corrected chi connectivity index (χ3v) is 4.35. The SMILES string of the molecule is CC(=O)N[C@@H](Cc1ccc(F)cc1)C(=O)N[C@H](Cc1ccc(C(=O)O)cc1)C(N)=O. The summed E-state index contributed by atoms with van der Waals surface area (Å²) in [6.07, 6.45) is 0.134. The average Bonchev–Trinajstić information content (AvgIpc) is 2.68. The van der Waals surface area contributed by atoms with Crippen molar-refractivity contribution in [2.45, 2.75) is 31.8 Å². The van der Waals surface area contributed by atoms with Crippen molar-refractivity contribution in [1.82, 2.24) is 10.6 Å². The molecule has 8 nitrogen and oxygen atoms in total. The zero-order chi connectivity index (χ0) is 22.3. The molecule has 0 aliphatic heterocycles. The van der Waals surface area contributed by atoms with Gasteiger partial charge in [-0.3, -0.25) is 14.4 Å². The lowest BCUT2D eigenvalue weighted by atomic mass is 10.0. The van der Waals surface area contributed by atoms with Gasteiger partial charge in [0.1, 0.15) is 17.9 Å². The summed E-state index contributed by atoms with van der Waals surface area (Å²) >= 11 is 0. The van der Waals surface area contributed by atoms with Gasteiger partial charge in [0.05, 0.1) is 5.56 Å². The van der Waals surface area contributed by atoms with E-state index < -0.39 is 41.6 Å². The van der Waals surface area contributed by atoms with Gasteiger partial charge in [0.15, 0.2) is 0 Å². The highest BCUT2D eigenvalue weighted by atomic mass is 19.1. The molecule has 0 bridgehead atoms. The van der Waals surface area contributed by atoms with Crippen molar-refractivity contribution in [2.75, 3.05) is 0 Å². The Morgan fingerprint density at radius 3 is 1.87 bits per heavy atom. The van der Waals surface area contributed by atoms with Crippen LogP contribution < -0.4 is 16.4 Å². The third kappa shape index (κ3) is 6.69. The number of hydrogen-bond acceptors (Lipinski definition) is 4. The fraction of sp³-hybridized carbons (Fsp3) is 0.238. The fourth-order valence-corrected chi connectivity index (χ4v) is 2.83. The third-order valence-electron chi connectivity index (χ3n) is 4.35. The van der Waals surface area contributed by atoms with Crippen molar-refractivity contribution in [3.63, 3.8) is 0 Å². The number of halogens is 1. The number of carbonyl (C=O) groups excluding carboxylic acids is 3. The Balaban J connectivity index is 2.12. The van der Waals surface area contributed by atoms with E-state index in [9.17, 15) is 23.6 Å². The van der Waals surface area contributed by atoms with Crippen molar-refractivity contribution in [3.8, 4) is 0 Å². The molecule has 30 heavy (non-hydrogen) atoms. The second-order valence-electron chi connectivity index (χ2n) is 6.75. The maximum Gasteiger partial charge on any atom is 0.335 e. The zero-order valence-corrected chi connectivity index (χ0v) is 16.2. The van der Waals surface area contributed by atoms with Gasteiger partial charge in [0, 0.05) is 19.8 Å². The van der Waals surface area contributed by atoms with E-state index in [1.165, 1.54) is 55.5 Å². The van der Waals surface area contributed by atoms with Crippen LogP contribution in [0.4, 0.5) is 4.39 Å². The molecule has 0 fully saturated rings. The number of aromatic carboxylic acids is 1. The Hall–Kier alpha value is -3.75. The molecule has 0 aliphatic rings. The summed E-state index contributed by atoms with van der Waals surface area (Å²) in [4.78, 5) is 47.0. The predicted molar refractivity (Wildman–Crippen MR) is 106 cm³/mol. The van der Waals surface area contributed by atoms with Gasteiger partial charge in [-0.05, 0) is 35.4 Å². The first-order chi connectivity index (χ1) is 14.2. The number of hydrogen-bond donors (Lipinski definition) is 4. The van der Waals surface area contributed by atoms with Crippen molar-refractivity contribution in [2.24, 2.45) is 5.73 Å². The van der Waals surface area contributed by atoms with E-state index in [2.05, 4.69) is 10.6 Å². The number of carboxylic acids is 1. The van der Waals surface area contributed by atoms with E-state index in [0.717, 1.165) is 0 Å². The van der Waals surface area contributed by atoms with Crippen LogP contribution in [-0.4, -0.2) is 40.9 Å². The minimum absolute atomic E-state index is 0.0459. The van der Waals surface area contributed by atoms with Gasteiger partial charge in [-0.1, -0.05) is 24.3 Å². The molecule has 0 radical (unpaired) electrons. The number of benzene rings is 2. The minimum Gasteiger partial charge on any atom is -0.478 e. The number of amides is 3. The predicted octanol–water partition coefficient (Wildman–Crippen LogP) is 0.784. The lowest BCUT2D eigenvalue weighted by molar-refractivity contribution is -0.130. The molecule has 0 spiro atoms. The average molecular weight is 415 g/mol. The Morgan fingerprint density at radius 1 is 0.900 bits per heavy atom. The second kappa shape index (κ2) is 10.1. The molecule has 9 heteroatoms. The van der Waals surface area contributed by atoms with Gasteiger partial charge in [0.2, 0.25) is 17.7 Å². The molecule has 2 rings (SSSR count). The first kappa shape index (κ1) is 22.5. The first-order valence-electron chi connectivity index (χ1n) is 9.09. The van der Waals surface area contributed by atoms with Crippen LogP contribution in [0.25, 0.3) is 0 Å². The van der Waals surface area contributed by atoms with Crippen LogP contribution >= 0.6 is 0 Å². The number of rotatable bonds is 9. The van der Waals surface area contributed by atoms with E-state index in [1.807, 2.05) is 0 Å². The molecule has 2 aromatic carbocycles. The van der Waals surface area contributed by atoms with E-state index in [1.54, 1.807) is 0 Å². The van der Waals surface area contributed by atoms with Crippen molar-refractivity contribution in [3.05, 3.63) is 71.0 Å². The molecule has 0 aromatic heterocycles. The van der Waals surface area contributed by atoms with Crippen LogP contribution in [-0.2, 0) is 27.2 Å². The number of nitrogens with two attached hydrogens (primary N) is 1. The standard InChI is InChI=1S/C21H22FN3O5/c1-12(26)24-18(11-14-4-8-16(22)9-5-14)20(28)25-17(19(23)27)10-13-2-6-15(7-3-13)21(29)30/h2-9,17-18H,10-11H2,1H3,(H2,23,27)(H,24,26)(H,25,28)(H,29,30)/t17-,18+/m1/s1. The monoisotopic (exact) mass is 415 g/mol. The Morgan fingerprint density at radius 2 is 1.40 bits per heavy atom. The number of nitrogens with one attached hydrogen (secondary N) is 2. The largest absolute Gasteiger partial charge is 0.478 e. The van der Waals surface area contributed by atoms with Crippen molar-refractivity contribution < 1.29 is 28.7 Å². The smallest absolute Gasteiger partial charge is 0.335 e. The quantitative estimate of drug-likeness (QED) is 0.479. The molecule has 0 heterocycles. The summed E-state index contributed by atoms with van der Waals surface area (Å²) in [6, 6.07) is 9.21. The maximum absolute atomic E-state index is 13.1. The molecule has 5 N–H and O–H groups in total. The zero-order valence-electron chi connectivity index (χ0n) is 16.2. The lowest BCUT2D eigenvalue weighted by Gasteiger charge is -2.22. The van der Waals surface area contributed by atoms with Gasteiger partial charge in [-0.25, -0.2) is 9.18 Å². The lowest BCUT2D eigenvalue weighted by Crippen LogP contribution is -2.54. The Kier molecular flexibility index (Phi) is 7.62. The molecule has 3 amide bonds. The fourth-order valence-electron chi connectivity index (χ4n) is 2.83. The molecule has 0 saturated carbocycles. The highest BCUT2D eigenvalue weighted by Gasteiger charge is 2.25. The molecule has 0 aliphatic carbocycles. The van der Waals surface area contributed by atoms with Crippen LogP contribution in [0.2, 0.25) is 0 Å². The van der Waals surface area contributed by atoms with Gasteiger partial charge < -0.3 is 21.5 Å². The van der Waals surface area contributed by atoms with Gasteiger partial charge in [-0.2, -0.15) is 0 Å². The summed E-state index contributed by atoms with van der Waals surface area (Å²) < 4.78 is 13.1. The van der Waals surface area contributed by atoms with Crippen LogP contribution in [0.5, 0.6) is 0 Å². The molecule has 158 valence electrons. The van der Waals surface area contributed by atoms with Crippen molar-refractivity contribution >= 4 is 23.7 Å².